The molecule has 7 heteroatoms. The fraction of sp³-hybridized carbons (Fsp3) is 0.611. The molecule has 6 nitrogen and oxygen atoms in total. The van der Waals surface area contributed by atoms with Gasteiger partial charge in [0.25, 0.3) is 0 Å². The molecular weight excluding hydrogens is 334 g/mol. The number of aromatic nitrogens is 3. The molecule has 1 aliphatic heterocycles. The van der Waals surface area contributed by atoms with Gasteiger partial charge in [-0.05, 0) is 12.8 Å². The third-order valence-corrected chi connectivity index (χ3v) is 6.41. The van der Waals surface area contributed by atoms with E-state index in [9.17, 15) is 4.79 Å². The van der Waals surface area contributed by atoms with Crippen molar-refractivity contribution in [3.05, 3.63) is 33.5 Å². The lowest BCUT2D eigenvalue weighted by atomic mass is 9.94. The summed E-state index contributed by atoms with van der Waals surface area (Å²) in [5, 5.41) is 8.96. The monoisotopic (exact) mass is 361 g/mol. The fourth-order valence-corrected chi connectivity index (χ4v) is 4.33. The van der Waals surface area contributed by atoms with Gasteiger partial charge in [-0.1, -0.05) is 13.8 Å². The van der Waals surface area contributed by atoms with Crippen LogP contribution in [0.15, 0.2) is 12.4 Å². The molecule has 2 aromatic rings. The minimum atomic E-state index is 0.0937. The minimum absolute atomic E-state index is 0.0937. The number of aryl methyl sites for hydroxylation is 1. The second kappa shape index (κ2) is 7.25. The van der Waals surface area contributed by atoms with Crippen LogP contribution in [0.1, 0.15) is 53.4 Å². The SMILES string of the molecule is Cc1c([C@H]2[C@H](CNCc3ncc(C(C)C)s3)CC(=O)N2C)cnn1C. The van der Waals surface area contributed by atoms with Crippen LogP contribution in [-0.4, -0.2) is 39.2 Å². The van der Waals surface area contributed by atoms with Crippen LogP contribution in [0.5, 0.6) is 0 Å². The van der Waals surface area contributed by atoms with Crippen LogP contribution in [0.25, 0.3) is 0 Å². The lowest BCUT2D eigenvalue weighted by Crippen LogP contribution is -2.29. The van der Waals surface area contributed by atoms with E-state index in [0.29, 0.717) is 12.3 Å². The Bertz CT molecular complexity index is 750. The van der Waals surface area contributed by atoms with Crippen molar-refractivity contribution in [3.63, 3.8) is 0 Å². The maximum Gasteiger partial charge on any atom is 0.223 e. The van der Waals surface area contributed by atoms with E-state index in [-0.39, 0.29) is 17.9 Å². The van der Waals surface area contributed by atoms with E-state index in [1.54, 1.807) is 11.3 Å². The molecule has 1 fully saturated rings. The standard InChI is InChI=1S/C18H27N5OS/c1-11(2)15-9-20-16(25-15)10-19-7-13-6-17(24)22(4)18(13)14-8-21-23(5)12(14)3/h8-9,11,13,18-19H,6-7,10H2,1-5H3/t13-,18+/m0/s1. The number of nitrogens with zero attached hydrogens (tertiary/aromatic N) is 4. The Hall–Kier alpha value is -1.73. The molecule has 0 aliphatic carbocycles. The maximum atomic E-state index is 12.3. The highest BCUT2D eigenvalue weighted by Gasteiger charge is 2.39. The summed E-state index contributed by atoms with van der Waals surface area (Å²) in [6, 6.07) is 0.0937. The van der Waals surface area contributed by atoms with Gasteiger partial charge < -0.3 is 10.2 Å². The molecule has 0 radical (unpaired) electrons. The lowest BCUT2D eigenvalue weighted by molar-refractivity contribution is -0.127. The Labute approximate surface area is 153 Å². The van der Waals surface area contributed by atoms with Gasteiger partial charge in [-0.25, -0.2) is 4.98 Å². The average molecular weight is 362 g/mol. The maximum absolute atomic E-state index is 12.3. The molecule has 0 saturated carbocycles. The number of amides is 1. The molecule has 2 aromatic heterocycles. The zero-order chi connectivity index (χ0) is 18.1. The number of thiazole rings is 1. The molecule has 0 bridgehead atoms. The average Bonchev–Trinajstić information content (AvgIpc) is 3.23. The number of carbonyl (C=O) groups excluding carboxylic acids is 1. The highest BCUT2D eigenvalue weighted by atomic mass is 32.1. The number of likely N-dealkylation sites (tertiary alicyclic amines) is 1. The summed E-state index contributed by atoms with van der Waals surface area (Å²) >= 11 is 1.76. The van der Waals surface area contributed by atoms with Gasteiger partial charge in [-0.3, -0.25) is 9.48 Å². The largest absolute Gasteiger partial charge is 0.338 e. The second-order valence-corrected chi connectivity index (χ2v) is 8.31. The van der Waals surface area contributed by atoms with E-state index in [2.05, 4.69) is 36.2 Å². The molecule has 0 unspecified atom stereocenters. The number of nitrogens with one attached hydrogen (secondary N) is 1. The Balaban J connectivity index is 1.65. The van der Waals surface area contributed by atoms with Gasteiger partial charge in [0.1, 0.15) is 5.01 Å². The van der Waals surface area contributed by atoms with Crippen molar-refractivity contribution < 1.29 is 4.79 Å². The molecule has 1 aliphatic rings. The van der Waals surface area contributed by atoms with Gasteiger partial charge in [0, 0.05) is 61.9 Å². The lowest BCUT2D eigenvalue weighted by Gasteiger charge is -2.25. The third kappa shape index (κ3) is 3.62. The molecule has 1 amide bonds. The molecule has 25 heavy (non-hydrogen) atoms. The van der Waals surface area contributed by atoms with E-state index in [1.165, 1.54) is 4.88 Å². The van der Waals surface area contributed by atoms with Crippen LogP contribution in [0.3, 0.4) is 0 Å². The van der Waals surface area contributed by atoms with Crippen LogP contribution >= 0.6 is 11.3 Å². The Morgan fingerprint density at radius 3 is 2.72 bits per heavy atom. The molecule has 0 spiro atoms. The summed E-state index contributed by atoms with van der Waals surface area (Å²) in [6.07, 6.45) is 4.45. The van der Waals surface area contributed by atoms with E-state index >= 15 is 0 Å². The fourth-order valence-electron chi connectivity index (χ4n) is 3.44. The molecule has 3 rings (SSSR count). The second-order valence-electron chi connectivity index (χ2n) is 7.16. The summed E-state index contributed by atoms with van der Waals surface area (Å²) in [6.45, 7) is 7.99. The van der Waals surface area contributed by atoms with Crippen LogP contribution in [0.2, 0.25) is 0 Å². The smallest absolute Gasteiger partial charge is 0.223 e. The molecule has 1 saturated heterocycles. The number of hydrogen-bond donors (Lipinski definition) is 1. The Morgan fingerprint density at radius 2 is 2.12 bits per heavy atom. The van der Waals surface area contributed by atoms with Gasteiger partial charge in [0.15, 0.2) is 0 Å². The molecular formula is C18H27N5OS. The Kier molecular flexibility index (Phi) is 5.24. The van der Waals surface area contributed by atoms with Crippen LogP contribution < -0.4 is 5.32 Å². The highest BCUT2D eigenvalue weighted by Crippen LogP contribution is 2.37. The number of hydrogen-bond acceptors (Lipinski definition) is 5. The van der Waals surface area contributed by atoms with Gasteiger partial charge in [0.2, 0.25) is 5.91 Å². The summed E-state index contributed by atoms with van der Waals surface area (Å²) in [4.78, 5) is 19.9. The first-order valence-electron chi connectivity index (χ1n) is 8.78. The minimum Gasteiger partial charge on any atom is -0.338 e. The summed E-state index contributed by atoms with van der Waals surface area (Å²) in [5.41, 5.74) is 2.28. The third-order valence-electron chi connectivity index (χ3n) is 5.11. The van der Waals surface area contributed by atoms with E-state index in [1.807, 2.05) is 36.1 Å². The predicted molar refractivity (Wildman–Crippen MR) is 99.5 cm³/mol. The summed E-state index contributed by atoms with van der Waals surface area (Å²) < 4.78 is 1.87. The molecule has 1 N–H and O–H groups in total. The van der Waals surface area contributed by atoms with Crippen molar-refractivity contribution in [2.24, 2.45) is 13.0 Å². The van der Waals surface area contributed by atoms with Gasteiger partial charge in [0.05, 0.1) is 12.2 Å². The zero-order valence-corrected chi connectivity index (χ0v) is 16.4. The van der Waals surface area contributed by atoms with Crippen molar-refractivity contribution in [1.29, 1.82) is 0 Å². The number of carbonyl (C=O) groups is 1. The first-order chi connectivity index (χ1) is 11.9. The van der Waals surface area contributed by atoms with Crippen molar-refractivity contribution in [3.8, 4) is 0 Å². The predicted octanol–water partition coefficient (Wildman–Crippen LogP) is 2.62. The van der Waals surface area contributed by atoms with E-state index in [4.69, 9.17) is 0 Å². The molecule has 3 heterocycles. The van der Waals surface area contributed by atoms with Crippen LogP contribution in [0, 0.1) is 12.8 Å². The first-order valence-corrected chi connectivity index (χ1v) is 9.59. The van der Waals surface area contributed by atoms with Crippen molar-refractivity contribution in [2.75, 3.05) is 13.6 Å². The van der Waals surface area contributed by atoms with Gasteiger partial charge in [-0.2, -0.15) is 5.10 Å². The van der Waals surface area contributed by atoms with E-state index < -0.39 is 0 Å². The normalized spacial score (nSPS) is 20.9. The molecule has 2 atom stereocenters. The van der Waals surface area contributed by atoms with Crippen molar-refractivity contribution >= 4 is 17.2 Å². The van der Waals surface area contributed by atoms with E-state index in [0.717, 1.165) is 29.4 Å². The van der Waals surface area contributed by atoms with Crippen LogP contribution in [-0.2, 0) is 18.4 Å². The Morgan fingerprint density at radius 1 is 1.36 bits per heavy atom. The zero-order valence-electron chi connectivity index (χ0n) is 15.6. The summed E-state index contributed by atoms with van der Waals surface area (Å²) in [7, 11) is 3.84. The first kappa shape index (κ1) is 18.1. The van der Waals surface area contributed by atoms with Crippen molar-refractivity contribution in [1.82, 2.24) is 25.0 Å². The highest BCUT2D eigenvalue weighted by molar-refractivity contribution is 7.11. The van der Waals surface area contributed by atoms with Gasteiger partial charge >= 0.3 is 0 Å². The van der Waals surface area contributed by atoms with Crippen molar-refractivity contribution in [2.45, 2.75) is 45.7 Å². The molecule has 136 valence electrons. The van der Waals surface area contributed by atoms with Crippen LogP contribution in [0.4, 0.5) is 0 Å². The quantitative estimate of drug-likeness (QED) is 0.859. The molecule has 0 aromatic carbocycles. The topological polar surface area (TPSA) is 63.1 Å². The summed E-state index contributed by atoms with van der Waals surface area (Å²) in [5.74, 6) is 0.978. The number of rotatable bonds is 6. The van der Waals surface area contributed by atoms with Gasteiger partial charge in [-0.15, -0.1) is 11.3 Å².